The van der Waals surface area contributed by atoms with Crippen molar-refractivity contribution < 1.29 is 28.5 Å². The summed E-state index contributed by atoms with van der Waals surface area (Å²) in [5.41, 5.74) is 8.81. The molecule has 4 aliphatic rings. The Hall–Kier alpha value is -6.16. The van der Waals surface area contributed by atoms with E-state index in [1.807, 2.05) is 30.9 Å². The van der Waals surface area contributed by atoms with Gasteiger partial charge in [-0.1, -0.05) is 62.9 Å². The van der Waals surface area contributed by atoms with Crippen LogP contribution in [-0.4, -0.2) is 73.6 Å². The zero-order valence-corrected chi connectivity index (χ0v) is 32.7. The average Bonchev–Trinajstić information content (AvgIpc) is 3.81. The van der Waals surface area contributed by atoms with Crippen molar-refractivity contribution in [1.82, 2.24) is 9.80 Å². The third kappa shape index (κ3) is 7.69. The lowest BCUT2D eigenvalue weighted by Gasteiger charge is -2.19. The number of hydrogen-bond acceptors (Lipinski definition) is 8. The molecule has 56 heavy (non-hydrogen) atoms. The molecule has 3 aromatic carbocycles. The smallest absolute Gasteiger partial charge is 0.260 e. The second-order valence-electron chi connectivity index (χ2n) is 14.1. The summed E-state index contributed by atoms with van der Waals surface area (Å²) in [4.78, 5) is 40.5. The fourth-order valence-electron chi connectivity index (χ4n) is 7.26. The third-order valence-corrected chi connectivity index (χ3v) is 10.7. The number of carbonyl (C=O) groups excluding carboxylic acids is 2. The number of benzene rings is 3. The number of rotatable bonds is 14. The van der Waals surface area contributed by atoms with E-state index in [4.69, 9.17) is 28.9 Å². The highest BCUT2D eigenvalue weighted by molar-refractivity contribution is 6.06. The van der Waals surface area contributed by atoms with Gasteiger partial charge in [0, 0.05) is 56.2 Å². The van der Waals surface area contributed by atoms with E-state index < -0.39 is 0 Å². The highest BCUT2D eigenvalue weighted by Gasteiger charge is 2.35. The average molecular weight is 753 g/mol. The van der Waals surface area contributed by atoms with Gasteiger partial charge >= 0.3 is 0 Å². The number of nitrogens with zero attached hydrogens (tertiary/aromatic N) is 4. The van der Waals surface area contributed by atoms with E-state index in [2.05, 4.69) is 63.8 Å². The highest BCUT2D eigenvalue weighted by atomic mass is 16.5. The fraction of sp³-hybridized carbons (Fsp3) is 0.304. The van der Waals surface area contributed by atoms with E-state index >= 15 is 0 Å². The summed E-state index contributed by atoms with van der Waals surface area (Å²) in [7, 11) is 3.11. The first-order valence-electron chi connectivity index (χ1n) is 19.2. The van der Waals surface area contributed by atoms with Crippen LogP contribution in [0.2, 0.25) is 0 Å². The zero-order valence-electron chi connectivity index (χ0n) is 32.7. The van der Waals surface area contributed by atoms with Crippen LogP contribution < -0.4 is 18.9 Å². The highest BCUT2D eigenvalue weighted by Crippen LogP contribution is 2.41. The van der Waals surface area contributed by atoms with Crippen molar-refractivity contribution in [2.75, 3.05) is 27.4 Å². The Balaban J connectivity index is 0.984. The molecule has 0 saturated heterocycles. The van der Waals surface area contributed by atoms with Crippen LogP contribution in [0.1, 0.15) is 78.3 Å². The first-order chi connectivity index (χ1) is 27.2. The Bertz CT molecular complexity index is 2230. The van der Waals surface area contributed by atoms with Gasteiger partial charge in [-0.05, 0) is 65.3 Å². The first kappa shape index (κ1) is 38.1. The maximum atomic E-state index is 13.8. The number of fused-ring (bicyclic) bond motifs is 4. The predicted octanol–water partition coefficient (Wildman–Crippen LogP) is 9.37. The van der Waals surface area contributed by atoms with Crippen LogP contribution in [0.4, 0.5) is 11.4 Å². The normalized spacial score (nSPS) is 18.7. The minimum Gasteiger partial charge on any atom is -0.493 e. The summed E-state index contributed by atoms with van der Waals surface area (Å²) in [5, 5.41) is 0. The molecule has 0 aromatic heterocycles. The van der Waals surface area contributed by atoms with Crippen molar-refractivity contribution in [2.45, 2.75) is 65.0 Å². The molecular formula is C46H48N4O6. The summed E-state index contributed by atoms with van der Waals surface area (Å²) in [6.07, 6.45) is 17.3. The van der Waals surface area contributed by atoms with E-state index in [9.17, 15) is 9.59 Å². The molecule has 1 unspecified atom stereocenters. The van der Waals surface area contributed by atoms with Crippen molar-refractivity contribution in [3.8, 4) is 23.0 Å². The molecular weight excluding hydrogens is 705 g/mol. The molecule has 0 aliphatic carbocycles. The Morgan fingerprint density at radius 3 is 1.89 bits per heavy atom. The number of aliphatic imine (C=N–C) groups is 2. The van der Waals surface area contributed by atoms with Crippen molar-refractivity contribution >= 4 is 41.2 Å². The van der Waals surface area contributed by atoms with Gasteiger partial charge in [0.2, 0.25) is 0 Å². The van der Waals surface area contributed by atoms with Crippen LogP contribution >= 0.6 is 0 Å². The van der Waals surface area contributed by atoms with Gasteiger partial charge in [0.25, 0.3) is 11.8 Å². The van der Waals surface area contributed by atoms with Crippen LogP contribution in [0.5, 0.6) is 23.0 Å². The number of ether oxygens (including phenoxy) is 4. The number of aryl methyl sites for hydroxylation is 1. The van der Waals surface area contributed by atoms with E-state index in [-0.39, 0.29) is 23.9 Å². The Labute approximate surface area is 328 Å². The van der Waals surface area contributed by atoms with E-state index in [0.29, 0.717) is 78.0 Å². The van der Waals surface area contributed by atoms with E-state index in [1.165, 1.54) is 5.56 Å². The summed E-state index contributed by atoms with van der Waals surface area (Å²) in [6, 6.07) is 15.1. The topological polar surface area (TPSA) is 102 Å². The molecule has 4 aliphatic heterocycles. The molecule has 0 spiro atoms. The lowest BCUT2D eigenvalue weighted by atomic mass is 10.0. The van der Waals surface area contributed by atoms with Crippen molar-refractivity contribution in [3.63, 3.8) is 0 Å². The SMILES string of the molecule is C=C/C(=C\C=C(/C)C1=CN2C(=O)c3cc(OC)c(OCCCOc4cc5c(cc4OC)C(=O)N4C=C(c6ccc(CC)cc6)C[C@H]4C=N5)cc3N=CC2C1)CC. The molecule has 2 atom stereocenters. The number of allylic oxidation sites excluding steroid dienone is 5. The molecule has 3 aromatic rings. The molecule has 288 valence electrons. The van der Waals surface area contributed by atoms with Crippen LogP contribution in [0, 0.1) is 0 Å². The summed E-state index contributed by atoms with van der Waals surface area (Å²) >= 11 is 0. The molecule has 0 radical (unpaired) electrons. The number of amides is 2. The molecule has 10 nitrogen and oxygen atoms in total. The first-order valence-corrected chi connectivity index (χ1v) is 19.2. The second kappa shape index (κ2) is 16.7. The standard InChI is InChI=1S/C46H48N4O6/c1-7-30(8-2)12-11-29(4)33-19-35-25-47-39-23-43(41(53-5)21-37(39)45(51)49(35)27-33)55-17-10-18-56-44-24-40-38(22-42(44)54-6)46(52)50-28-34(20-36(50)26-48-40)32-15-13-31(9-3)14-16-32/h7,11-16,21-28,35-36H,1,8-10,17-20H2,2-6H3/b29-11+,30-12+/t35?,36-/m0/s1. The molecule has 0 fully saturated rings. The Kier molecular flexibility index (Phi) is 11.4. The summed E-state index contributed by atoms with van der Waals surface area (Å²) in [6.45, 7) is 10.8. The molecule has 2 amide bonds. The number of hydrogen-bond donors (Lipinski definition) is 0. The van der Waals surface area contributed by atoms with Gasteiger partial charge in [0.15, 0.2) is 23.0 Å². The van der Waals surface area contributed by atoms with E-state index in [1.54, 1.807) is 48.3 Å². The number of carbonyl (C=O) groups is 2. The predicted molar refractivity (Wildman–Crippen MR) is 221 cm³/mol. The summed E-state index contributed by atoms with van der Waals surface area (Å²) in [5.74, 6) is 1.60. The van der Waals surface area contributed by atoms with Crippen molar-refractivity contribution in [2.24, 2.45) is 9.98 Å². The quantitative estimate of drug-likeness (QED) is 0.120. The molecule has 0 bridgehead atoms. The van der Waals surface area contributed by atoms with Gasteiger partial charge in [-0.3, -0.25) is 19.6 Å². The van der Waals surface area contributed by atoms with Gasteiger partial charge in [-0.15, -0.1) is 0 Å². The molecule has 0 saturated carbocycles. The summed E-state index contributed by atoms with van der Waals surface area (Å²) < 4.78 is 23.6. The Morgan fingerprint density at radius 2 is 1.36 bits per heavy atom. The molecule has 7 rings (SSSR count). The van der Waals surface area contributed by atoms with Crippen molar-refractivity contribution in [3.05, 3.63) is 125 Å². The molecule has 0 N–H and O–H groups in total. The van der Waals surface area contributed by atoms with Crippen LogP contribution in [-0.2, 0) is 6.42 Å². The van der Waals surface area contributed by atoms with E-state index in [0.717, 1.165) is 40.7 Å². The van der Waals surface area contributed by atoms with Crippen molar-refractivity contribution in [1.29, 1.82) is 0 Å². The van der Waals surface area contributed by atoms with Crippen LogP contribution in [0.25, 0.3) is 5.57 Å². The lowest BCUT2D eigenvalue weighted by Crippen LogP contribution is -2.32. The zero-order chi connectivity index (χ0) is 39.3. The lowest BCUT2D eigenvalue weighted by molar-refractivity contribution is 0.0809. The third-order valence-electron chi connectivity index (χ3n) is 10.7. The largest absolute Gasteiger partial charge is 0.493 e. The molecule has 4 heterocycles. The number of methoxy groups -OCH3 is 2. The van der Waals surface area contributed by atoms with Crippen LogP contribution in [0.3, 0.4) is 0 Å². The van der Waals surface area contributed by atoms with Gasteiger partial charge in [-0.25, -0.2) is 0 Å². The van der Waals surface area contributed by atoms with Crippen LogP contribution in [0.15, 0.2) is 112 Å². The maximum Gasteiger partial charge on any atom is 0.260 e. The maximum absolute atomic E-state index is 13.8. The second-order valence-corrected chi connectivity index (χ2v) is 14.1. The Morgan fingerprint density at radius 1 is 0.786 bits per heavy atom. The monoisotopic (exact) mass is 752 g/mol. The fourth-order valence-corrected chi connectivity index (χ4v) is 7.26. The minimum absolute atomic E-state index is 0.131. The van der Waals surface area contributed by atoms with Gasteiger partial charge in [0.1, 0.15) is 0 Å². The van der Waals surface area contributed by atoms with Gasteiger partial charge < -0.3 is 28.7 Å². The van der Waals surface area contributed by atoms with Gasteiger partial charge in [-0.2, -0.15) is 0 Å². The minimum atomic E-state index is -0.181. The van der Waals surface area contributed by atoms with Gasteiger partial charge in [0.05, 0.1) is 62.0 Å². The molecule has 10 heteroatoms.